The Bertz CT molecular complexity index is 406. The number of ether oxygens (including phenoxy) is 1. The van der Waals surface area contributed by atoms with Crippen molar-refractivity contribution >= 4 is 0 Å². The Morgan fingerprint density at radius 3 is 2.83 bits per heavy atom. The summed E-state index contributed by atoms with van der Waals surface area (Å²) in [5, 5.41) is 3.41. The molecule has 1 unspecified atom stereocenters. The van der Waals surface area contributed by atoms with Crippen LogP contribution in [-0.2, 0) is 0 Å². The van der Waals surface area contributed by atoms with Gasteiger partial charge in [-0.3, -0.25) is 0 Å². The van der Waals surface area contributed by atoms with E-state index in [1.54, 1.807) is 0 Å². The zero-order valence-corrected chi connectivity index (χ0v) is 11.2. The second-order valence-corrected chi connectivity index (χ2v) is 3.89. The van der Waals surface area contributed by atoms with Gasteiger partial charge in [0.1, 0.15) is 5.75 Å². The SMILES string of the molecule is CC#CCCNC(CN)c1ccccc1OCC. The van der Waals surface area contributed by atoms with E-state index in [9.17, 15) is 0 Å². The molecule has 0 aliphatic carbocycles. The lowest BCUT2D eigenvalue weighted by atomic mass is 10.1. The summed E-state index contributed by atoms with van der Waals surface area (Å²) in [7, 11) is 0. The zero-order valence-electron chi connectivity index (χ0n) is 11.2. The van der Waals surface area contributed by atoms with Crippen molar-refractivity contribution in [3.8, 4) is 17.6 Å². The van der Waals surface area contributed by atoms with Gasteiger partial charge >= 0.3 is 0 Å². The van der Waals surface area contributed by atoms with Crippen LogP contribution < -0.4 is 15.8 Å². The predicted octanol–water partition coefficient (Wildman–Crippen LogP) is 2.09. The standard InChI is InChI=1S/C15H22N2O/c1-3-5-8-11-17-14(12-16)13-9-6-7-10-15(13)18-4-2/h6-7,9-10,14,17H,4,8,11-12,16H2,1-2H3. The number of nitrogens with two attached hydrogens (primary N) is 1. The van der Waals surface area contributed by atoms with Gasteiger partial charge in [-0.25, -0.2) is 0 Å². The minimum Gasteiger partial charge on any atom is -0.494 e. The first-order valence-electron chi connectivity index (χ1n) is 6.38. The summed E-state index contributed by atoms with van der Waals surface area (Å²) in [4.78, 5) is 0. The van der Waals surface area contributed by atoms with Crippen LogP contribution in [0.15, 0.2) is 24.3 Å². The number of nitrogens with one attached hydrogen (secondary N) is 1. The van der Waals surface area contributed by atoms with E-state index in [1.807, 2.05) is 32.0 Å². The Labute approximate surface area is 110 Å². The maximum atomic E-state index is 5.83. The first kappa shape index (κ1) is 14.6. The highest BCUT2D eigenvalue weighted by atomic mass is 16.5. The van der Waals surface area contributed by atoms with E-state index < -0.39 is 0 Å². The van der Waals surface area contributed by atoms with E-state index in [4.69, 9.17) is 10.5 Å². The van der Waals surface area contributed by atoms with Crippen molar-refractivity contribution in [3.05, 3.63) is 29.8 Å². The predicted molar refractivity (Wildman–Crippen MR) is 75.5 cm³/mol. The molecule has 1 rings (SSSR count). The molecule has 0 saturated heterocycles. The monoisotopic (exact) mass is 246 g/mol. The summed E-state index contributed by atoms with van der Waals surface area (Å²) in [5.41, 5.74) is 6.95. The third kappa shape index (κ3) is 4.40. The Kier molecular flexibility index (Phi) is 6.93. The van der Waals surface area contributed by atoms with E-state index in [2.05, 4.69) is 23.2 Å². The fourth-order valence-corrected chi connectivity index (χ4v) is 1.81. The number of hydrogen-bond donors (Lipinski definition) is 2. The van der Waals surface area contributed by atoms with E-state index in [-0.39, 0.29) is 6.04 Å². The largest absolute Gasteiger partial charge is 0.494 e. The molecule has 0 aliphatic rings. The number of para-hydroxylation sites is 1. The van der Waals surface area contributed by atoms with Gasteiger partial charge in [-0.1, -0.05) is 18.2 Å². The fraction of sp³-hybridized carbons (Fsp3) is 0.467. The number of benzene rings is 1. The van der Waals surface area contributed by atoms with Gasteiger partial charge < -0.3 is 15.8 Å². The lowest BCUT2D eigenvalue weighted by Gasteiger charge is -2.19. The van der Waals surface area contributed by atoms with Crippen LogP contribution >= 0.6 is 0 Å². The highest BCUT2D eigenvalue weighted by Gasteiger charge is 2.13. The first-order valence-corrected chi connectivity index (χ1v) is 6.38. The normalized spacial score (nSPS) is 11.5. The number of rotatable bonds is 7. The molecule has 18 heavy (non-hydrogen) atoms. The molecule has 3 nitrogen and oxygen atoms in total. The average Bonchev–Trinajstić information content (AvgIpc) is 2.41. The molecule has 0 heterocycles. The van der Waals surface area contributed by atoms with Crippen LogP contribution in [0.1, 0.15) is 31.9 Å². The third-order valence-electron chi connectivity index (χ3n) is 2.65. The minimum absolute atomic E-state index is 0.117. The summed E-state index contributed by atoms with van der Waals surface area (Å²) < 4.78 is 5.62. The maximum absolute atomic E-state index is 5.83. The van der Waals surface area contributed by atoms with Crippen molar-refractivity contribution in [2.75, 3.05) is 19.7 Å². The molecule has 3 heteroatoms. The summed E-state index contributed by atoms with van der Waals surface area (Å²) in [6.45, 7) is 5.88. The molecule has 0 saturated carbocycles. The Morgan fingerprint density at radius 1 is 1.39 bits per heavy atom. The highest BCUT2D eigenvalue weighted by Crippen LogP contribution is 2.24. The summed E-state index contributed by atoms with van der Waals surface area (Å²) >= 11 is 0. The van der Waals surface area contributed by atoms with Gasteiger partial charge in [0.05, 0.1) is 6.61 Å². The summed E-state index contributed by atoms with van der Waals surface area (Å²) in [5.74, 6) is 6.83. The quantitative estimate of drug-likeness (QED) is 0.572. The molecule has 98 valence electrons. The van der Waals surface area contributed by atoms with E-state index in [0.29, 0.717) is 13.2 Å². The molecule has 0 fully saturated rings. The molecular formula is C15H22N2O. The van der Waals surface area contributed by atoms with Crippen LogP contribution in [0.5, 0.6) is 5.75 Å². The van der Waals surface area contributed by atoms with Crippen LogP contribution in [0.2, 0.25) is 0 Å². The molecule has 0 radical (unpaired) electrons. The van der Waals surface area contributed by atoms with Gasteiger partial charge in [-0.05, 0) is 19.9 Å². The summed E-state index contributed by atoms with van der Waals surface area (Å²) in [6.07, 6.45) is 0.837. The Balaban J connectivity index is 2.70. The Morgan fingerprint density at radius 2 is 2.17 bits per heavy atom. The van der Waals surface area contributed by atoms with Crippen molar-refractivity contribution in [1.82, 2.24) is 5.32 Å². The molecular weight excluding hydrogens is 224 g/mol. The third-order valence-corrected chi connectivity index (χ3v) is 2.65. The molecule has 3 N–H and O–H groups in total. The van der Waals surface area contributed by atoms with Gasteiger partial charge in [-0.2, -0.15) is 0 Å². The maximum Gasteiger partial charge on any atom is 0.124 e. The first-order chi connectivity index (χ1) is 8.83. The lowest BCUT2D eigenvalue weighted by molar-refractivity contribution is 0.331. The minimum atomic E-state index is 0.117. The second-order valence-electron chi connectivity index (χ2n) is 3.89. The highest BCUT2D eigenvalue weighted by molar-refractivity contribution is 5.36. The summed E-state index contributed by atoms with van der Waals surface area (Å²) in [6, 6.07) is 8.14. The van der Waals surface area contributed by atoms with Crippen molar-refractivity contribution < 1.29 is 4.74 Å². The molecule has 0 aliphatic heterocycles. The molecule has 0 amide bonds. The molecule has 1 aromatic rings. The number of hydrogen-bond acceptors (Lipinski definition) is 3. The van der Waals surface area contributed by atoms with Gasteiger partial charge in [0.15, 0.2) is 0 Å². The van der Waals surface area contributed by atoms with E-state index >= 15 is 0 Å². The van der Waals surface area contributed by atoms with Crippen molar-refractivity contribution in [2.24, 2.45) is 5.73 Å². The smallest absolute Gasteiger partial charge is 0.124 e. The van der Waals surface area contributed by atoms with Crippen molar-refractivity contribution in [1.29, 1.82) is 0 Å². The van der Waals surface area contributed by atoms with Crippen LogP contribution in [0.3, 0.4) is 0 Å². The average molecular weight is 246 g/mol. The topological polar surface area (TPSA) is 47.3 Å². The van der Waals surface area contributed by atoms with Crippen LogP contribution in [0.4, 0.5) is 0 Å². The zero-order chi connectivity index (χ0) is 13.2. The van der Waals surface area contributed by atoms with Crippen LogP contribution in [0.25, 0.3) is 0 Å². The van der Waals surface area contributed by atoms with Gasteiger partial charge in [-0.15, -0.1) is 11.8 Å². The van der Waals surface area contributed by atoms with Gasteiger partial charge in [0.25, 0.3) is 0 Å². The van der Waals surface area contributed by atoms with Crippen molar-refractivity contribution in [2.45, 2.75) is 26.3 Å². The van der Waals surface area contributed by atoms with Gasteiger partial charge in [0.2, 0.25) is 0 Å². The molecule has 0 spiro atoms. The van der Waals surface area contributed by atoms with E-state index in [1.165, 1.54) is 0 Å². The van der Waals surface area contributed by atoms with Crippen LogP contribution in [-0.4, -0.2) is 19.7 Å². The Hall–Kier alpha value is -1.50. The van der Waals surface area contributed by atoms with Crippen molar-refractivity contribution in [3.63, 3.8) is 0 Å². The van der Waals surface area contributed by atoms with Gasteiger partial charge in [0, 0.05) is 31.1 Å². The fourth-order valence-electron chi connectivity index (χ4n) is 1.81. The molecule has 1 atom stereocenters. The molecule has 0 aromatic heterocycles. The molecule has 1 aromatic carbocycles. The molecule has 0 bridgehead atoms. The lowest BCUT2D eigenvalue weighted by Crippen LogP contribution is -2.29. The van der Waals surface area contributed by atoms with E-state index in [0.717, 1.165) is 24.3 Å². The second kappa shape index (κ2) is 8.57. The van der Waals surface area contributed by atoms with Crippen LogP contribution in [0, 0.1) is 11.8 Å².